The van der Waals surface area contributed by atoms with Crippen molar-refractivity contribution in [1.82, 2.24) is 9.97 Å². The Morgan fingerprint density at radius 3 is 2.52 bits per heavy atom. The van der Waals surface area contributed by atoms with Crippen molar-refractivity contribution in [1.29, 1.82) is 0 Å². The van der Waals surface area contributed by atoms with Gasteiger partial charge in [-0.25, -0.2) is 9.97 Å². The second kappa shape index (κ2) is 8.27. The van der Waals surface area contributed by atoms with Gasteiger partial charge in [-0.2, -0.15) is 0 Å². The largest absolute Gasteiger partial charge is 0.497 e. The van der Waals surface area contributed by atoms with E-state index in [9.17, 15) is 0 Å². The van der Waals surface area contributed by atoms with E-state index in [1.807, 2.05) is 42.3 Å². The summed E-state index contributed by atoms with van der Waals surface area (Å²) in [6.45, 7) is 0.688. The quantitative estimate of drug-likeness (QED) is 0.663. The van der Waals surface area contributed by atoms with E-state index in [1.54, 1.807) is 20.3 Å². The van der Waals surface area contributed by atoms with Crippen LogP contribution in [0, 0.1) is 0 Å². The monoisotopic (exact) mass is 365 g/mol. The van der Waals surface area contributed by atoms with Gasteiger partial charge < -0.3 is 25.4 Å². The van der Waals surface area contributed by atoms with Gasteiger partial charge in [-0.1, -0.05) is 30.3 Å². The number of anilines is 4. The lowest BCUT2D eigenvalue weighted by molar-refractivity contribution is 0.395. The first kappa shape index (κ1) is 18.3. The van der Waals surface area contributed by atoms with Crippen molar-refractivity contribution >= 4 is 23.0 Å². The maximum atomic E-state index is 6.34. The molecule has 3 rings (SSSR count). The van der Waals surface area contributed by atoms with E-state index in [0.717, 1.165) is 5.69 Å². The molecule has 0 aliphatic carbocycles. The average molecular weight is 365 g/mol. The van der Waals surface area contributed by atoms with Gasteiger partial charge in [0.1, 0.15) is 23.5 Å². The number of ether oxygens (including phenoxy) is 2. The number of hydrogen-bond acceptors (Lipinski definition) is 7. The van der Waals surface area contributed by atoms with Crippen LogP contribution < -0.4 is 25.4 Å². The van der Waals surface area contributed by atoms with Gasteiger partial charge in [0, 0.05) is 19.7 Å². The third-order valence-electron chi connectivity index (χ3n) is 4.15. The summed E-state index contributed by atoms with van der Waals surface area (Å²) in [6.07, 6.45) is 1.49. The fourth-order valence-corrected chi connectivity index (χ4v) is 2.75. The average Bonchev–Trinajstić information content (AvgIpc) is 2.70. The zero-order valence-electron chi connectivity index (χ0n) is 15.6. The number of methoxy groups -OCH3 is 2. The van der Waals surface area contributed by atoms with Crippen LogP contribution in [0.2, 0.25) is 0 Å². The predicted molar refractivity (Wildman–Crippen MR) is 108 cm³/mol. The molecule has 3 aromatic rings. The first-order chi connectivity index (χ1) is 13.1. The molecule has 7 heteroatoms. The van der Waals surface area contributed by atoms with Crippen LogP contribution in [0.15, 0.2) is 54.9 Å². The summed E-state index contributed by atoms with van der Waals surface area (Å²) in [5, 5.41) is 3.22. The Morgan fingerprint density at radius 1 is 1.04 bits per heavy atom. The van der Waals surface area contributed by atoms with E-state index in [4.69, 9.17) is 15.2 Å². The number of hydrogen-bond donors (Lipinski definition) is 2. The summed E-state index contributed by atoms with van der Waals surface area (Å²) < 4.78 is 10.6. The second-order valence-electron chi connectivity index (χ2n) is 5.99. The molecule has 0 spiro atoms. The Balaban J connectivity index is 1.85. The lowest BCUT2D eigenvalue weighted by Gasteiger charge is -2.21. The van der Waals surface area contributed by atoms with Crippen LogP contribution in [-0.2, 0) is 6.54 Å². The molecule has 1 aromatic heterocycles. The Bertz CT molecular complexity index is 902. The van der Waals surface area contributed by atoms with E-state index in [1.165, 1.54) is 11.9 Å². The fraction of sp³-hybridized carbons (Fsp3) is 0.200. The molecule has 7 nitrogen and oxygen atoms in total. The molecule has 0 aliphatic rings. The fourth-order valence-electron chi connectivity index (χ4n) is 2.75. The van der Waals surface area contributed by atoms with E-state index in [0.29, 0.717) is 35.4 Å². The van der Waals surface area contributed by atoms with Crippen LogP contribution in [0.25, 0.3) is 0 Å². The Labute approximate surface area is 158 Å². The molecule has 0 amide bonds. The van der Waals surface area contributed by atoms with Gasteiger partial charge in [-0.15, -0.1) is 0 Å². The van der Waals surface area contributed by atoms with Crippen LogP contribution in [0.3, 0.4) is 0 Å². The van der Waals surface area contributed by atoms with Gasteiger partial charge in [0.05, 0.1) is 19.9 Å². The summed E-state index contributed by atoms with van der Waals surface area (Å²) >= 11 is 0. The number of nitrogens with zero attached hydrogens (tertiary/aromatic N) is 3. The third kappa shape index (κ3) is 4.20. The second-order valence-corrected chi connectivity index (χ2v) is 5.99. The normalized spacial score (nSPS) is 10.3. The SMILES string of the molecule is COc1ccc(Nc2ncnc(N(C)Cc3ccccc3)c2N)c(OC)c1. The van der Waals surface area contributed by atoms with Crippen LogP contribution in [-0.4, -0.2) is 31.2 Å². The number of nitrogen functional groups attached to an aromatic ring is 1. The summed E-state index contributed by atoms with van der Waals surface area (Å²) in [5.41, 5.74) is 8.71. The number of benzene rings is 2. The Hall–Kier alpha value is -3.48. The highest BCUT2D eigenvalue weighted by molar-refractivity contribution is 5.79. The minimum absolute atomic E-state index is 0.466. The van der Waals surface area contributed by atoms with Crippen molar-refractivity contribution in [3.05, 3.63) is 60.4 Å². The van der Waals surface area contributed by atoms with Crippen molar-refractivity contribution in [2.75, 3.05) is 37.2 Å². The topological polar surface area (TPSA) is 85.5 Å². The van der Waals surface area contributed by atoms with Gasteiger partial charge in [-0.3, -0.25) is 0 Å². The summed E-state index contributed by atoms with van der Waals surface area (Å²) in [6, 6.07) is 15.6. The van der Waals surface area contributed by atoms with Crippen LogP contribution >= 0.6 is 0 Å². The van der Waals surface area contributed by atoms with Crippen LogP contribution in [0.1, 0.15) is 5.56 Å². The smallest absolute Gasteiger partial charge is 0.159 e. The molecule has 0 aliphatic heterocycles. The summed E-state index contributed by atoms with van der Waals surface area (Å²) in [7, 11) is 5.16. The van der Waals surface area contributed by atoms with Gasteiger partial charge in [0.15, 0.2) is 11.6 Å². The number of aromatic nitrogens is 2. The molecule has 0 unspecified atom stereocenters. The number of rotatable bonds is 7. The van der Waals surface area contributed by atoms with E-state index < -0.39 is 0 Å². The lowest BCUT2D eigenvalue weighted by atomic mass is 10.2. The van der Waals surface area contributed by atoms with E-state index >= 15 is 0 Å². The molecular formula is C20H23N5O2. The highest BCUT2D eigenvalue weighted by Crippen LogP contribution is 2.34. The van der Waals surface area contributed by atoms with Gasteiger partial charge in [0.25, 0.3) is 0 Å². The van der Waals surface area contributed by atoms with E-state index in [-0.39, 0.29) is 0 Å². The predicted octanol–water partition coefficient (Wildman–Crippen LogP) is 3.46. The van der Waals surface area contributed by atoms with Gasteiger partial charge >= 0.3 is 0 Å². The molecule has 0 saturated heterocycles. The summed E-state index contributed by atoms with van der Waals surface area (Å²) in [5.74, 6) is 2.51. The molecule has 0 fully saturated rings. The standard InChI is InChI=1S/C20H23N5O2/c1-25(12-14-7-5-4-6-8-14)20-18(21)19(22-13-23-20)24-16-10-9-15(26-2)11-17(16)27-3/h4-11,13H,12,21H2,1-3H3,(H,22,23,24). The van der Waals surface area contributed by atoms with Crippen molar-refractivity contribution in [2.45, 2.75) is 6.54 Å². The van der Waals surface area contributed by atoms with Crippen molar-refractivity contribution in [2.24, 2.45) is 0 Å². The molecule has 0 atom stereocenters. The zero-order chi connectivity index (χ0) is 19.2. The van der Waals surface area contributed by atoms with Crippen LogP contribution in [0.5, 0.6) is 11.5 Å². The van der Waals surface area contributed by atoms with Gasteiger partial charge in [0.2, 0.25) is 0 Å². The molecule has 27 heavy (non-hydrogen) atoms. The molecule has 0 bridgehead atoms. The highest BCUT2D eigenvalue weighted by Gasteiger charge is 2.14. The van der Waals surface area contributed by atoms with Crippen molar-refractivity contribution < 1.29 is 9.47 Å². The molecular weight excluding hydrogens is 342 g/mol. The Kier molecular flexibility index (Phi) is 5.61. The molecule has 1 heterocycles. The maximum Gasteiger partial charge on any atom is 0.159 e. The van der Waals surface area contributed by atoms with E-state index in [2.05, 4.69) is 27.4 Å². The molecule has 3 N–H and O–H groups in total. The molecule has 140 valence electrons. The van der Waals surface area contributed by atoms with Crippen LogP contribution in [0.4, 0.5) is 23.0 Å². The summed E-state index contributed by atoms with van der Waals surface area (Å²) in [4.78, 5) is 10.6. The van der Waals surface area contributed by atoms with Crippen molar-refractivity contribution in [3.63, 3.8) is 0 Å². The first-order valence-corrected chi connectivity index (χ1v) is 8.47. The third-order valence-corrected chi connectivity index (χ3v) is 4.15. The minimum Gasteiger partial charge on any atom is -0.497 e. The highest BCUT2D eigenvalue weighted by atomic mass is 16.5. The molecule has 0 radical (unpaired) electrons. The number of nitrogens with two attached hydrogens (primary N) is 1. The maximum absolute atomic E-state index is 6.34. The molecule has 0 saturated carbocycles. The zero-order valence-corrected chi connectivity index (χ0v) is 15.6. The number of nitrogens with one attached hydrogen (secondary N) is 1. The first-order valence-electron chi connectivity index (χ1n) is 8.47. The lowest BCUT2D eigenvalue weighted by Crippen LogP contribution is -2.20. The molecule has 2 aromatic carbocycles. The van der Waals surface area contributed by atoms with Crippen molar-refractivity contribution in [3.8, 4) is 11.5 Å². The minimum atomic E-state index is 0.466. The Morgan fingerprint density at radius 2 is 1.81 bits per heavy atom. The van der Waals surface area contributed by atoms with Gasteiger partial charge in [-0.05, 0) is 17.7 Å².